The number of ketones is 2. The van der Waals surface area contributed by atoms with Crippen LogP contribution >= 0.6 is 24.6 Å². The Bertz CT molecular complexity index is 1180. The molecule has 4 atom stereocenters. The minimum absolute atomic E-state index is 0.143. The number of likely N-dealkylation sites (tertiary alicyclic amines) is 1. The second-order valence-electron chi connectivity index (χ2n) is 12.7. The number of carbonyl (C=O) groups is 6. The molecule has 11 nitrogen and oxygen atoms in total. The van der Waals surface area contributed by atoms with Gasteiger partial charge in [0.2, 0.25) is 11.7 Å². The lowest BCUT2D eigenvalue weighted by molar-refractivity contribution is -0.138. The minimum atomic E-state index is -0.887. The molecule has 1 aliphatic carbocycles. The summed E-state index contributed by atoms with van der Waals surface area (Å²) in [6, 6.07) is 4.19. The van der Waals surface area contributed by atoms with Crippen molar-refractivity contribution in [1.82, 2.24) is 20.3 Å². The highest BCUT2D eigenvalue weighted by Crippen LogP contribution is 2.33. The third-order valence-electron chi connectivity index (χ3n) is 7.72. The number of rotatable bonds is 13. The Kier molecular flexibility index (Phi) is 17.6. The first-order chi connectivity index (χ1) is 21.6. The van der Waals surface area contributed by atoms with Gasteiger partial charge in [-0.3, -0.25) is 23.9 Å². The molecule has 46 heavy (non-hydrogen) atoms. The standard InChI is InChI=1S/C24H35N3O4S.C7H12N2O2S.C2H6/c1-15(2)19(20(29)16-9-11-18(32-6)12-10-16)25-23(31)26-21(24(3,4)5)22(30)27-13-7-8-17(27)14-28;8-7(11)6(10)5(9-12)3-4-1-2-4;1-2/h9-12,14-15,17,19,21H,7-8,13H2,1-6H3,(H2,25,26,31);4-5,9,12H,1-3H2,(H2,8,11);1-2H3/t17-,19?,21?;;/m0../s1. The van der Waals surface area contributed by atoms with Crippen molar-refractivity contribution in [1.29, 1.82) is 0 Å². The SMILES string of the molecule is CC.CSc1ccc(C(=O)C(NC(=O)NC(C(=O)N2CCC[C@H]2C=O)C(C)(C)C)C(C)C)cc1.NC(=O)C(=O)C(CC1CC1)NS. The van der Waals surface area contributed by atoms with E-state index < -0.39 is 47.3 Å². The van der Waals surface area contributed by atoms with Crippen LogP contribution in [0.3, 0.4) is 0 Å². The summed E-state index contributed by atoms with van der Waals surface area (Å²) in [5.41, 5.74) is 4.80. The molecule has 258 valence electrons. The smallest absolute Gasteiger partial charge is 0.316 e. The first kappa shape index (κ1) is 41.1. The Morgan fingerprint density at radius 2 is 1.63 bits per heavy atom. The van der Waals surface area contributed by atoms with E-state index in [1.807, 2.05) is 66.9 Å². The monoisotopic (exact) mass is 679 g/mol. The van der Waals surface area contributed by atoms with Crippen LogP contribution in [-0.4, -0.2) is 77.6 Å². The van der Waals surface area contributed by atoms with E-state index in [2.05, 4.69) is 28.2 Å². The number of hydrogen-bond acceptors (Lipinski definition) is 9. The van der Waals surface area contributed by atoms with Crippen LogP contribution in [0.15, 0.2) is 29.2 Å². The third kappa shape index (κ3) is 12.7. The van der Waals surface area contributed by atoms with Crippen LogP contribution in [-0.2, 0) is 19.2 Å². The van der Waals surface area contributed by atoms with Crippen molar-refractivity contribution in [3.63, 3.8) is 0 Å². The summed E-state index contributed by atoms with van der Waals surface area (Å²) in [5.74, 6) is -1.49. The van der Waals surface area contributed by atoms with Gasteiger partial charge < -0.3 is 26.1 Å². The average molecular weight is 680 g/mol. The van der Waals surface area contributed by atoms with Crippen LogP contribution in [0.2, 0.25) is 0 Å². The molecule has 3 unspecified atom stereocenters. The molecule has 13 heteroatoms. The van der Waals surface area contributed by atoms with Crippen molar-refractivity contribution < 1.29 is 28.8 Å². The van der Waals surface area contributed by atoms with Crippen molar-refractivity contribution >= 4 is 60.3 Å². The van der Waals surface area contributed by atoms with Crippen LogP contribution in [0.4, 0.5) is 4.79 Å². The quantitative estimate of drug-likeness (QED) is 0.0680. The normalized spacial score (nSPS) is 17.7. The molecule has 5 N–H and O–H groups in total. The number of Topliss-reactive ketones (excluding diaryl/α,β-unsaturated/α-hetero) is 2. The van der Waals surface area contributed by atoms with Gasteiger partial charge in [0, 0.05) is 17.0 Å². The number of thiol groups is 1. The number of carbonyl (C=O) groups excluding carboxylic acids is 6. The molecule has 0 aromatic heterocycles. The van der Waals surface area contributed by atoms with Gasteiger partial charge in [-0.25, -0.2) is 4.79 Å². The summed E-state index contributed by atoms with van der Waals surface area (Å²) in [5, 5.41) is 5.55. The van der Waals surface area contributed by atoms with E-state index in [1.165, 1.54) is 0 Å². The first-order valence-electron chi connectivity index (χ1n) is 15.9. The second kappa shape index (κ2) is 19.7. The predicted molar refractivity (Wildman–Crippen MR) is 186 cm³/mol. The molecule has 4 amide bonds. The Morgan fingerprint density at radius 1 is 1.04 bits per heavy atom. The molecular formula is C33H53N5O6S2. The number of hydrogen-bond donors (Lipinski definition) is 5. The number of benzene rings is 1. The fourth-order valence-corrected chi connectivity index (χ4v) is 5.51. The number of urea groups is 1. The highest BCUT2D eigenvalue weighted by Gasteiger charge is 2.40. The average Bonchev–Trinajstić information content (AvgIpc) is 3.73. The predicted octanol–water partition coefficient (Wildman–Crippen LogP) is 4.19. The molecule has 0 radical (unpaired) electrons. The van der Waals surface area contributed by atoms with Crippen molar-refractivity contribution in [2.45, 2.75) is 110 Å². The van der Waals surface area contributed by atoms with Gasteiger partial charge >= 0.3 is 6.03 Å². The fraction of sp³-hybridized carbons (Fsp3) is 0.636. The van der Waals surface area contributed by atoms with E-state index in [4.69, 9.17) is 5.73 Å². The second-order valence-corrected chi connectivity index (χ2v) is 13.8. The number of thioether (sulfide) groups is 1. The zero-order valence-corrected chi connectivity index (χ0v) is 30.1. The highest BCUT2D eigenvalue weighted by molar-refractivity contribution is 7.98. The molecule has 2 aliphatic rings. The fourth-order valence-electron chi connectivity index (χ4n) is 4.88. The molecule has 1 saturated heterocycles. The maximum Gasteiger partial charge on any atom is 0.316 e. The molecule has 1 heterocycles. The van der Waals surface area contributed by atoms with Crippen molar-refractivity contribution in [2.24, 2.45) is 23.0 Å². The molecule has 1 saturated carbocycles. The van der Waals surface area contributed by atoms with Gasteiger partial charge in [-0.2, -0.15) is 0 Å². The number of nitrogens with one attached hydrogen (secondary N) is 3. The van der Waals surface area contributed by atoms with Crippen molar-refractivity contribution in [3.05, 3.63) is 29.8 Å². The largest absolute Gasteiger partial charge is 0.363 e. The van der Waals surface area contributed by atoms with Crippen molar-refractivity contribution in [3.8, 4) is 0 Å². The maximum absolute atomic E-state index is 13.2. The molecule has 1 aliphatic heterocycles. The highest BCUT2D eigenvalue weighted by atomic mass is 32.2. The zero-order valence-electron chi connectivity index (χ0n) is 28.4. The van der Waals surface area contributed by atoms with Crippen LogP contribution in [0, 0.1) is 17.3 Å². The Hall–Kier alpha value is -2.90. The van der Waals surface area contributed by atoms with Crippen LogP contribution in [0.1, 0.15) is 90.9 Å². The molecule has 1 aromatic rings. The molecule has 0 bridgehead atoms. The van der Waals surface area contributed by atoms with Gasteiger partial charge in [-0.15, -0.1) is 11.8 Å². The number of nitrogens with two attached hydrogens (primary N) is 1. The topological polar surface area (TPSA) is 168 Å². The van der Waals surface area contributed by atoms with Crippen LogP contribution in [0.25, 0.3) is 0 Å². The van der Waals surface area contributed by atoms with Gasteiger partial charge in [-0.1, -0.05) is 86.3 Å². The van der Waals surface area contributed by atoms with E-state index in [0.29, 0.717) is 30.9 Å². The lowest BCUT2D eigenvalue weighted by Gasteiger charge is -2.35. The van der Waals surface area contributed by atoms with Gasteiger partial charge in [0.1, 0.15) is 12.3 Å². The van der Waals surface area contributed by atoms with Crippen LogP contribution < -0.4 is 21.1 Å². The van der Waals surface area contributed by atoms with Crippen LogP contribution in [0.5, 0.6) is 0 Å². The van der Waals surface area contributed by atoms with Gasteiger partial charge in [-0.05, 0) is 54.9 Å². The summed E-state index contributed by atoms with van der Waals surface area (Å²) in [6.07, 6.45) is 7.10. The Morgan fingerprint density at radius 3 is 2.07 bits per heavy atom. The number of amides is 4. The van der Waals surface area contributed by atoms with E-state index in [0.717, 1.165) is 30.4 Å². The summed E-state index contributed by atoms with van der Waals surface area (Å²) in [4.78, 5) is 74.7. The van der Waals surface area contributed by atoms with E-state index in [-0.39, 0.29) is 17.6 Å². The Balaban J connectivity index is 0.000000629. The number of aldehydes is 1. The molecular weight excluding hydrogens is 627 g/mol. The third-order valence-corrected chi connectivity index (χ3v) is 8.77. The first-order valence-corrected chi connectivity index (χ1v) is 17.6. The lowest BCUT2D eigenvalue weighted by Crippen LogP contribution is -2.59. The molecule has 0 spiro atoms. The van der Waals surface area contributed by atoms with Crippen molar-refractivity contribution in [2.75, 3.05) is 12.8 Å². The van der Waals surface area contributed by atoms with Gasteiger partial charge in [0.05, 0.1) is 18.1 Å². The van der Waals surface area contributed by atoms with E-state index in [9.17, 15) is 28.8 Å². The number of nitrogens with zero attached hydrogens (tertiary/aromatic N) is 1. The summed E-state index contributed by atoms with van der Waals surface area (Å²) < 4.78 is 2.50. The van der Waals surface area contributed by atoms with E-state index >= 15 is 0 Å². The zero-order chi connectivity index (χ0) is 35.2. The molecule has 3 rings (SSSR count). The lowest BCUT2D eigenvalue weighted by atomic mass is 9.85. The summed E-state index contributed by atoms with van der Waals surface area (Å²) in [7, 11) is 0. The van der Waals surface area contributed by atoms with E-state index in [1.54, 1.807) is 28.8 Å². The minimum Gasteiger partial charge on any atom is -0.363 e. The maximum atomic E-state index is 13.2. The number of primary amides is 1. The summed E-state index contributed by atoms with van der Waals surface area (Å²) in [6.45, 7) is 13.8. The Labute approximate surface area is 283 Å². The van der Waals surface area contributed by atoms with Gasteiger partial charge in [0.15, 0.2) is 5.78 Å². The van der Waals surface area contributed by atoms with Gasteiger partial charge in [0.25, 0.3) is 5.91 Å². The summed E-state index contributed by atoms with van der Waals surface area (Å²) >= 11 is 5.36. The molecule has 1 aromatic carbocycles. The molecule has 2 fully saturated rings.